The van der Waals surface area contributed by atoms with Gasteiger partial charge in [0.15, 0.2) is 0 Å². The summed E-state index contributed by atoms with van der Waals surface area (Å²) in [4.78, 5) is 0. The molecule has 0 bridgehead atoms. The minimum Gasteiger partial charge on any atom is -0.375 e. The number of rotatable bonds is 4. The summed E-state index contributed by atoms with van der Waals surface area (Å²) in [5, 5.41) is 0. The largest absolute Gasteiger partial charge is 0.375 e. The van der Waals surface area contributed by atoms with Crippen LogP contribution in [0.2, 0.25) is 0 Å². The molecule has 2 aliphatic rings. The molecule has 1 aliphatic heterocycles. The van der Waals surface area contributed by atoms with Gasteiger partial charge in [-0.15, -0.1) is 0 Å². The van der Waals surface area contributed by atoms with E-state index in [4.69, 9.17) is 10.6 Å². The van der Waals surface area contributed by atoms with Crippen molar-refractivity contribution in [3.8, 4) is 0 Å². The summed E-state index contributed by atoms with van der Waals surface area (Å²) in [5.74, 6) is 7.21. The van der Waals surface area contributed by atoms with Crippen LogP contribution in [0.3, 0.4) is 0 Å². The highest BCUT2D eigenvalue weighted by Gasteiger charge is 2.44. The Labute approximate surface area is 118 Å². The summed E-state index contributed by atoms with van der Waals surface area (Å²) >= 11 is 0. The molecule has 1 spiro atoms. The molecule has 3 nitrogen and oxygen atoms in total. The average Bonchev–Trinajstić information content (AvgIpc) is 2.32. The molecule has 3 atom stereocenters. The quantitative estimate of drug-likeness (QED) is 0.608. The first-order valence-electron chi connectivity index (χ1n) is 7.96. The lowest BCUT2D eigenvalue weighted by Crippen LogP contribution is -2.52. The normalized spacial score (nSPS) is 29.8. The fraction of sp³-hybridized carbons (Fsp3) is 1.00. The van der Waals surface area contributed by atoms with Gasteiger partial charge in [-0.25, -0.2) is 0 Å². The maximum Gasteiger partial charge on any atom is 0.0685 e. The van der Waals surface area contributed by atoms with Crippen molar-refractivity contribution in [1.29, 1.82) is 0 Å². The van der Waals surface area contributed by atoms with Crippen molar-refractivity contribution >= 4 is 0 Å². The Morgan fingerprint density at radius 2 is 2.05 bits per heavy atom. The third kappa shape index (κ3) is 3.50. The van der Waals surface area contributed by atoms with Crippen LogP contribution in [0.25, 0.3) is 0 Å². The summed E-state index contributed by atoms with van der Waals surface area (Å²) in [5.41, 5.74) is 3.69. The Morgan fingerprint density at radius 1 is 1.37 bits per heavy atom. The molecule has 3 heteroatoms. The first kappa shape index (κ1) is 15.3. The molecular formula is C16H32N2O. The third-order valence-corrected chi connectivity index (χ3v) is 5.66. The van der Waals surface area contributed by atoms with E-state index >= 15 is 0 Å². The van der Waals surface area contributed by atoms with Crippen LogP contribution < -0.4 is 11.3 Å². The van der Waals surface area contributed by atoms with Crippen LogP contribution in [0.15, 0.2) is 0 Å². The van der Waals surface area contributed by atoms with E-state index in [2.05, 4.69) is 33.1 Å². The van der Waals surface area contributed by atoms with Gasteiger partial charge < -0.3 is 4.74 Å². The van der Waals surface area contributed by atoms with E-state index < -0.39 is 0 Å². The molecule has 1 heterocycles. The monoisotopic (exact) mass is 268 g/mol. The molecule has 112 valence electrons. The van der Waals surface area contributed by atoms with Crippen LogP contribution in [-0.4, -0.2) is 18.2 Å². The van der Waals surface area contributed by atoms with E-state index in [-0.39, 0.29) is 5.60 Å². The van der Waals surface area contributed by atoms with E-state index in [1.165, 1.54) is 32.1 Å². The lowest BCUT2D eigenvalue weighted by Gasteiger charge is -2.49. The molecular weight excluding hydrogens is 236 g/mol. The first-order chi connectivity index (χ1) is 8.86. The number of nitrogens with two attached hydrogens (primary N) is 1. The van der Waals surface area contributed by atoms with Crippen LogP contribution in [0, 0.1) is 17.3 Å². The topological polar surface area (TPSA) is 47.3 Å². The van der Waals surface area contributed by atoms with E-state index in [1.807, 2.05) is 0 Å². The van der Waals surface area contributed by atoms with Crippen molar-refractivity contribution in [2.24, 2.45) is 23.1 Å². The minimum absolute atomic E-state index is 0.225. The summed E-state index contributed by atoms with van der Waals surface area (Å²) in [7, 11) is 0. The zero-order chi connectivity index (χ0) is 14.1. The molecule has 1 aliphatic carbocycles. The summed E-state index contributed by atoms with van der Waals surface area (Å²) in [6, 6.07) is 0.440. The van der Waals surface area contributed by atoms with Gasteiger partial charge in [-0.05, 0) is 55.8 Å². The number of hydrogen-bond acceptors (Lipinski definition) is 3. The molecule has 0 aromatic rings. The maximum absolute atomic E-state index is 6.03. The number of nitrogens with one attached hydrogen (secondary N) is 1. The average molecular weight is 268 g/mol. The lowest BCUT2D eigenvalue weighted by atomic mass is 9.68. The summed E-state index contributed by atoms with van der Waals surface area (Å²) in [6.07, 6.45) is 7.39. The molecule has 3 N–H and O–H groups in total. The van der Waals surface area contributed by atoms with Gasteiger partial charge in [-0.3, -0.25) is 11.3 Å². The van der Waals surface area contributed by atoms with Gasteiger partial charge in [0.05, 0.1) is 5.60 Å². The van der Waals surface area contributed by atoms with Crippen molar-refractivity contribution < 1.29 is 4.74 Å². The van der Waals surface area contributed by atoms with Crippen LogP contribution in [0.1, 0.15) is 66.2 Å². The van der Waals surface area contributed by atoms with Crippen LogP contribution in [0.5, 0.6) is 0 Å². The van der Waals surface area contributed by atoms with Gasteiger partial charge in [-0.1, -0.05) is 27.7 Å². The highest BCUT2D eigenvalue weighted by molar-refractivity contribution is 4.96. The van der Waals surface area contributed by atoms with Gasteiger partial charge in [0, 0.05) is 12.6 Å². The number of hydrazine groups is 1. The van der Waals surface area contributed by atoms with Crippen molar-refractivity contribution in [1.82, 2.24) is 5.43 Å². The summed E-state index contributed by atoms with van der Waals surface area (Å²) in [6.45, 7) is 10.2. The zero-order valence-corrected chi connectivity index (χ0v) is 13.2. The van der Waals surface area contributed by atoms with Gasteiger partial charge >= 0.3 is 0 Å². The summed E-state index contributed by atoms with van der Waals surface area (Å²) < 4.78 is 6.03. The molecule has 0 aromatic carbocycles. The first-order valence-corrected chi connectivity index (χ1v) is 7.96. The van der Waals surface area contributed by atoms with Crippen molar-refractivity contribution in [3.05, 3.63) is 0 Å². The maximum atomic E-state index is 6.03. The molecule has 2 fully saturated rings. The van der Waals surface area contributed by atoms with Crippen LogP contribution >= 0.6 is 0 Å². The Kier molecular flexibility index (Phi) is 4.59. The second kappa shape index (κ2) is 5.71. The predicted molar refractivity (Wildman–Crippen MR) is 79.6 cm³/mol. The Morgan fingerprint density at radius 3 is 2.53 bits per heavy atom. The second-order valence-corrected chi connectivity index (χ2v) is 7.91. The Balaban J connectivity index is 1.93. The van der Waals surface area contributed by atoms with Crippen LogP contribution in [-0.2, 0) is 4.74 Å². The van der Waals surface area contributed by atoms with Gasteiger partial charge in [0.2, 0.25) is 0 Å². The molecule has 2 rings (SSSR count). The molecule has 19 heavy (non-hydrogen) atoms. The van der Waals surface area contributed by atoms with E-state index in [1.54, 1.807) is 0 Å². The molecule has 0 aromatic heterocycles. The van der Waals surface area contributed by atoms with Gasteiger partial charge in [0.1, 0.15) is 0 Å². The standard InChI is InChI=1S/C16H32N2O/c1-12(15(2,3)4)10-14(18-17)13-6-9-19-16(11-13)7-5-8-16/h12-14,18H,5-11,17H2,1-4H3. The van der Waals surface area contributed by atoms with Gasteiger partial charge in [0.25, 0.3) is 0 Å². The number of hydrogen-bond donors (Lipinski definition) is 2. The minimum atomic E-state index is 0.225. The highest BCUT2D eigenvalue weighted by Crippen LogP contribution is 2.45. The molecule has 0 radical (unpaired) electrons. The van der Waals surface area contributed by atoms with Crippen LogP contribution in [0.4, 0.5) is 0 Å². The smallest absolute Gasteiger partial charge is 0.0685 e. The van der Waals surface area contributed by atoms with E-state index in [0.717, 1.165) is 13.0 Å². The van der Waals surface area contributed by atoms with Crippen molar-refractivity contribution in [2.45, 2.75) is 77.9 Å². The molecule has 0 amide bonds. The number of ether oxygens (including phenoxy) is 1. The second-order valence-electron chi connectivity index (χ2n) is 7.91. The van der Waals surface area contributed by atoms with Gasteiger partial charge in [-0.2, -0.15) is 0 Å². The Bertz CT molecular complexity index is 294. The fourth-order valence-corrected chi connectivity index (χ4v) is 3.46. The molecule has 3 unspecified atom stereocenters. The van der Waals surface area contributed by atoms with E-state index in [0.29, 0.717) is 23.3 Å². The lowest BCUT2D eigenvalue weighted by molar-refractivity contribution is -0.148. The fourth-order valence-electron chi connectivity index (χ4n) is 3.46. The van der Waals surface area contributed by atoms with Crippen molar-refractivity contribution in [2.75, 3.05) is 6.61 Å². The molecule has 1 saturated heterocycles. The molecule has 1 saturated carbocycles. The SMILES string of the molecule is CC(CC(NN)C1CCOC2(CCC2)C1)C(C)(C)C. The third-order valence-electron chi connectivity index (χ3n) is 5.66. The predicted octanol–water partition coefficient (Wildman–Crippen LogP) is 3.24. The highest BCUT2D eigenvalue weighted by atomic mass is 16.5. The zero-order valence-electron chi connectivity index (χ0n) is 13.2. The van der Waals surface area contributed by atoms with E-state index in [9.17, 15) is 0 Å². The van der Waals surface area contributed by atoms with Crippen molar-refractivity contribution in [3.63, 3.8) is 0 Å². The Hall–Kier alpha value is -0.120.